The number of hydrogen-bond acceptors (Lipinski definition) is 6. The molecule has 0 amide bonds. The smallest absolute Gasteiger partial charge is 0.202 e. The van der Waals surface area contributed by atoms with Gasteiger partial charge in [-0.05, 0) is 85.2 Å². The molecule has 32 heavy (non-hydrogen) atoms. The topological polar surface area (TPSA) is 62.1 Å². The first-order chi connectivity index (χ1) is 15.6. The van der Waals surface area contributed by atoms with E-state index < -0.39 is 11.0 Å². The lowest BCUT2D eigenvalue weighted by molar-refractivity contribution is 0.0833. The molecule has 1 fully saturated rings. The molecule has 1 N–H and O–H groups in total. The van der Waals surface area contributed by atoms with E-state index in [1.165, 1.54) is 17.3 Å². The number of nitrogens with zero attached hydrogens (tertiary/aromatic N) is 2. The summed E-state index contributed by atoms with van der Waals surface area (Å²) in [6, 6.07) is 25.2. The fourth-order valence-electron chi connectivity index (χ4n) is 3.89. The zero-order valence-corrected chi connectivity index (χ0v) is 19.1. The van der Waals surface area contributed by atoms with Gasteiger partial charge in [-0.15, -0.1) is 16.7 Å². The van der Waals surface area contributed by atoms with Crippen LogP contribution in [0.5, 0.6) is 11.5 Å². The summed E-state index contributed by atoms with van der Waals surface area (Å²) in [6.07, 6.45) is 0.109. The predicted octanol–water partition coefficient (Wildman–Crippen LogP) is 6.34. The third-order valence-corrected chi connectivity index (χ3v) is 7.50. The second-order valence-electron chi connectivity index (χ2n) is 7.94. The number of aliphatic hydroxyl groups excluding tert-OH is 1. The van der Waals surface area contributed by atoms with Crippen molar-refractivity contribution in [3.8, 4) is 11.5 Å². The predicted molar refractivity (Wildman–Crippen MR) is 129 cm³/mol. The van der Waals surface area contributed by atoms with E-state index >= 15 is 0 Å². The van der Waals surface area contributed by atoms with Gasteiger partial charge in [-0.25, -0.2) is 0 Å². The van der Waals surface area contributed by atoms with Gasteiger partial charge in [-0.3, -0.25) is 4.90 Å². The Morgan fingerprint density at radius 3 is 2.16 bits per heavy atom. The lowest BCUT2D eigenvalue weighted by Crippen LogP contribution is -2.48. The van der Waals surface area contributed by atoms with Crippen LogP contribution in [0.3, 0.4) is 0 Å². The first-order valence-electron chi connectivity index (χ1n) is 10.6. The minimum atomic E-state index is -1.25. The summed E-state index contributed by atoms with van der Waals surface area (Å²) >= 11 is 7.44. The Balaban J connectivity index is 1.40. The summed E-state index contributed by atoms with van der Waals surface area (Å²) in [6.45, 7) is 2.46. The second-order valence-corrected chi connectivity index (χ2v) is 9.86. The normalized spacial score (nSPS) is 16.9. The average molecular weight is 469 g/mol. The molecule has 7 heteroatoms. The number of nitroso groups, excluding NO2 is 1. The van der Waals surface area contributed by atoms with Crippen molar-refractivity contribution >= 4 is 23.4 Å². The Morgan fingerprint density at radius 1 is 0.969 bits per heavy atom. The van der Waals surface area contributed by atoms with E-state index in [1.807, 2.05) is 54.6 Å². The Hall–Kier alpha value is -2.38. The molecule has 0 radical (unpaired) electrons. The van der Waals surface area contributed by atoms with Gasteiger partial charge in [-0.1, -0.05) is 41.9 Å². The number of hydrogen-bond donors (Lipinski definition) is 1. The van der Waals surface area contributed by atoms with Crippen molar-refractivity contribution in [2.24, 2.45) is 5.18 Å². The fraction of sp³-hybridized carbons (Fsp3) is 0.280. The molecule has 4 rings (SSSR count). The van der Waals surface area contributed by atoms with Crippen LogP contribution in [0.4, 0.5) is 0 Å². The molecule has 0 bridgehead atoms. The van der Waals surface area contributed by atoms with Gasteiger partial charge in [0.15, 0.2) is 0 Å². The van der Waals surface area contributed by atoms with Crippen LogP contribution in [0.15, 0.2) is 88.9 Å². The molecule has 1 heterocycles. The first-order valence-corrected chi connectivity index (χ1v) is 11.8. The van der Waals surface area contributed by atoms with Crippen LogP contribution in [0.25, 0.3) is 0 Å². The molecular weight excluding hydrogens is 444 g/mol. The van der Waals surface area contributed by atoms with Gasteiger partial charge >= 0.3 is 0 Å². The van der Waals surface area contributed by atoms with Gasteiger partial charge in [0.25, 0.3) is 0 Å². The number of halogens is 1. The molecule has 5 nitrogen and oxygen atoms in total. The van der Waals surface area contributed by atoms with E-state index in [0.29, 0.717) is 29.4 Å². The van der Waals surface area contributed by atoms with Gasteiger partial charge in [0, 0.05) is 16.5 Å². The molecule has 1 aliphatic rings. The van der Waals surface area contributed by atoms with Crippen LogP contribution in [0.2, 0.25) is 5.02 Å². The number of piperidine rings is 1. The lowest BCUT2D eigenvalue weighted by Gasteiger charge is -2.41. The third kappa shape index (κ3) is 5.70. The molecule has 0 spiro atoms. The highest BCUT2D eigenvalue weighted by Gasteiger charge is 2.43. The maximum absolute atomic E-state index is 11.3. The molecule has 0 aliphatic carbocycles. The molecule has 1 unspecified atom stereocenters. The van der Waals surface area contributed by atoms with Crippen LogP contribution in [0, 0.1) is 4.91 Å². The van der Waals surface area contributed by atoms with E-state index in [9.17, 15) is 10.0 Å². The number of aliphatic hydroxyl groups is 1. The highest BCUT2D eigenvalue weighted by Crippen LogP contribution is 2.44. The van der Waals surface area contributed by atoms with Crippen molar-refractivity contribution in [2.45, 2.75) is 35.3 Å². The molecule has 1 saturated heterocycles. The van der Waals surface area contributed by atoms with E-state index in [1.54, 1.807) is 12.1 Å². The first kappa shape index (κ1) is 22.8. The number of rotatable bonds is 8. The lowest BCUT2D eigenvalue weighted by atomic mass is 9.93. The monoisotopic (exact) mass is 468 g/mol. The zero-order chi connectivity index (χ0) is 22.4. The van der Waals surface area contributed by atoms with Gasteiger partial charge in [0.05, 0.1) is 4.75 Å². The highest BCUT2D eigenvalue weighted by atomic mass is 35.5. The van der Waals surface area contributed by atoms with Crippen molar-refractivity contribution in [3.05, 3.63) is 94.4 Å². The molecule has 0 saturated carbocycles. The van der Waals surface area contributed by atoms with Gasteiger partial charge in [0.1, 0.15) is 11.5 Å². The van der Waals surface area contributed by atoms with Crippen LogP contribution < -0.4 is 4.74 Å². The van der Waals surface area contributed by atoms with Gasteiger partial charge in [-0.2, -0.15) is 0 Å². The fourth-order valence-corrected chi connectivity index (χ4v) is 5.29. The molecule has 3 aromatic carbocycles. The van der Waals surface area contributed by atoms with Crippen molar-refractivity contribution in [1.82, 2.24) is 4.90 Å². The van der Waals surface area contributed by atoms with E-state index in [0.717, 1.165) is 24.5 Å². The Morgan fingerprint density at radius 2 is 1.56 bits per heavy atom. The van der Waals surface area contributed by atoms with Gasteiger partial charge in [0.2, 0.25) is 6.23 Å². The molecule has 166 valence electrons. The SMILES string of the molecule is O=NC(O)C1(Sc2ccc(Oc3ccc(Cl)cc3)cc2)CCN(Cc2ccccc2)CC1. The van der Waals surface area contributed by atoms with Crippen LogP contribution >= 0.6 is 23.4 Å². The number of thioether (sulfide) groups is 1. The Labute approximate surface area is 197 Å². The molecule has 3 aromatic rings. The Kier molecular flexibility index (Phi) is 7.48. The quantitative estimate of drug-likeness (QED) is 0.390. The van der Waals surface area contributed by atoms with Crippen molar-refractivity contribution in [2.75, 3.05) is 13.1 Å². The van der Waals surface area contributed by atoms with Crippen molar-refractivity contribution in [1.29, 1.82) is 0 Å². The largest absolute Gasteiger partial charge is 0.457 e. The number of benzene rings is 3. The summed E-state index contributed by atoms with van der Waals surface area (Å²) in [5.74, 6) is 1.41. The van der Waals surface area contributed by atoms with E-state index in [4.69, 9.17) is 16.3 Å². The summed E-state index contributed by atoms with van der Waals surface area (Å²) in [4.78, 5) is 14.6. The number of likely N-dealkylation sites (tertiary alicyclic amines) is 1. The van der Waals surface area contributed by atoms with Crippen molar-refractivity contribution in [3.63, 3.8) is 0 Å². The maximum Gasteiger partial charge on any atom is 0.202 e. The van der Waals surface area contributed by atoms with Crippen molar-refractivity contribution < 1.29 is 9.84 Å². The third-order valence-electron chi connectivity index (χ3n) is 5.72. The summed E-state index contributed by atoms with van der Waals surface area (Å²) in [7, 11) is 0. The minimum Gasteiger partial charge on any atom is -0.457 e. The standard InChI is InChI=1S/C25H25ClN2O3S/c26-20-6-8-21(9-7-20)31-22-10-12-23(13-11-22)32-25(24(29)27-30)14-16-28(17-15-25)18-19-4-2-1-3-5-19/h1-13,24,29H,14-18H2. The molecule has 1 atom stereocenters. The van der Waals surface area contributed by atoms with Crippen LogP contribution in [-0.4, -0.2) is 34.1 Å². The molecular formula is C25H25ClN2O3S. The highest BCUT2D eigenvalue weighted by molar-refractivity contribution is 8.00. The average Bonchev–Trinajstić information content (AvgIpc) is 2.83. The second kappa shape index (κ2) is 10.5. The minimum absolute atomic E-state index is 0.631. The number of ether oxygens (including phenoxy) is 1. The summed E-state index contributed by atoms with van der Waals surface area (Å²) in [5.41, 5.74) is 1.26. The Bertz CT molecular complexity index is 1010. The van der Waals surface area contributed by atoms with E-state index in [2.05, 4.69) is 22.2 Å². The van der Waals surface area contributed by atoms with Crippen LogP contribution in [0.1, 0.15) is 18.4 Å². The zero-order valence-electron chi connectivity index (χ0n) is 17.6. The summed E-state index contributed by atoms with van der Waals surface area (Å²) in [5, 5.41) is 14.1. The van der Waals surface area contributed by atoms with Gasteiger partial charge < -0.3 is 9.84 Å². The molecule has 1 aliphatic heterocycles. The van der Waals surface area contributed by atoms with E-state index in [-0.39, 0.29) is 0 Å². The molecule has 0 aromatic heterocycles. The summed E-state index contributed by atoms with van der Waals surface area (Å²) < 4.78 is 5.22. The maximum atomic E-state index is 11.3. The van der Waals surface area contributed by atoms with Crippen LogP contribution in [-0.2, 0) is 6.54 Å².